The lowest BCUT2D eigenvalue weighted by atomic mass is 9.76. The van der Waals surface area contributed by atoms with Gasteiger partial charge < -0.3 is 9.64 Å². The number of hydrogen-bond donors (Lipinski definition) is 0. The molecule has 5 heteroatoms. The summed E-state index contributed by atoms with van der Waals surface area (Å²) in [5.41, 5.74) is 6.31. The van der Waals surface area contributed by atoms with Gasteiger partial charge in [-0.05, 0) is 77.7 Å². The van der Waals surface area contributed by atoms with E-state index in [4.69, 9.17) is 9.72 Å². The van der Waals surface area contributed by atoms with Crippen molar-refractivity contribution in [2.75, 3.05) is 19.7 Å². The second-order valence-corrected chi connectivity index (χ2v) is 8.89. The predicted molar refractivity (Wildman–Crippen MR) is 131 cm³/mol. The zero-order chi connectivity index (χ0) is 22.4. The lowest BCUT2D eigenvalue weighted by molar-refractivity contribution is 0.0900. The maximum absolute atomic E-state index is 12.1. The number of rotatable bonds is 2. The molecule has 0 radical (unpaired) electrons. The number of pyridine rings is 1. The highest BCUT2D eigenvalue weighted by molar-refractivity contribution is 9.10. The van der Waals surface area contributed by atoms with E-state index < -0.39 is 0 Å². The van der Waals surface area contributed by atoms with Crippen molar-refractivity contribution in [3.8, 4) is 0 Å². The first-order valence-electron chi connectivity index (χ1n) is 11.4. The minimum absolute atomic E-state index is 0.191. The largest absolute Gasteiger partial charge is 0.450 e. The van der Waals surface area contributed by atoms with E-state index in [0.717, 1.165) is 42.5 Å². The molecule has 1 aliphatic heterocycles. The summed E-state index contributed by atoms with van der Waals surface area (Å²) in [6, 6.07) is 2.16. The molecule has 1 unspecified atom stereocenters. The number of nitrogens with zero attached hydrogens (tertiary/aromatic N) is 2. The fourth-order valence-corrected chi connectivity index (χ4v) is 4.95. The normalized spacial score (nSPS) is 20.6. The third kappa shape index (κ3) is 5.38. The Morgan fingerprint density at radius 1 is 1.23 bits per heavy atom. The molecule has 0 aromatic carbocycles. The number of hydrogen-bond acceptors (Lipinski definition) is 3. The van der Waals surface area contributed by atoms with E-state index in [9.17, 15) is 4.79 Å². The van der Waals surface area contributed by atoms with Gasteiger partial charge in [0.2, 0.25) is 0 Å². The monoisotopic (exact) mass is 484 g/mol. The number of piperidine rings is 1. The highest BCUT2D eigenvalue weighted by atomic mass is 79.9. The average Bonchev–Trinajstić information content (AvgIpc) is 3.05. The van der Waals surface area contributed by atoms with E-state index in [0.29, 0.717) is 12.5 Å². The van der Waals surface area contributed by atoms with Crippen molar-refractivity contribution in [1.29, 1.82) is 0 Å². The van der Waals surface area contributed by atoms with Crippen LogP contribution < -0.4 is 0 Å². The van der Waals surface area contributed by atoms with Crippen LogP contribution in [-0.4, -0.2) is 35.7 Å². The van der Waals surface area contributed by atoms with Crippen LogP contribution in [0.25, 0.3) is 6.08 Å². The lowest BCUT2D eigenvalue weighted by Gasteiger charge is -2.36. The Balaban J connectivity index is 0.00000132. The van der Waals surface area contributed by atoms with Crippen LogP contribution in [0.15, 0.2) is 57.8 Å². The quantitative estimate of drug-likeness (QED) is 0.451. The maximum atomic E-state index is 12.1. The molecule has 0 N–H and O–H groups in total. The van der Waals surface area contributed by atoms with E-state index in [1.54, 1.807) is 0 Å². The van der Waals surface area contributed by atoms with Crippen LogP contribution in [0.1, 0.15) is 64.1 Å². The van der Waals surface area contributed by atoms with E-state index >= 15 is 0 Å². The Labute approximate surface area is 194 Å². The molecule has 31 heavy (non-hydrogen) atoms. The molecule has 4 rings (SSSR count). The summed E-state index contributed by atoms with van der Waals surface area (Å²) in [5.74, 6) is 0.667. The number of ether oxygens (including phenoxy) is 1. The molecular formula is C26H33BrN2O2. The van der Waals surface area contributed by atoms with Crippen LogP contribution in [0, 0.1) is 5.92 Å². The Morgan fingerprint density at radius 2 is 1.97 bits per heavy atom. The molecule has 0 saturated carbocycles. The van der Waals surface area contributed by atoms with Gasteiger partial charge >= 0.3 is 6.09 Å². The van der Waals surface area contributed by atoms with Gasteiger partial charge in [-0.1, -0.05) is 49.8 Å². The van der Waals surface area contributed by atoms with Crippen LogP contribution in [-0.2, 0) is 4.74 Å². The number of likely N-dealkylation sites (tertiary alicyclic amines) is 1. The van der Waals surface area contributed by atoms with Gasteiger partial charge in [0, 0.05) is 29.7 Å². The summed E-state index contributed by atoms with van der Waals surface area (Å²) >= 11 is 3.58. The van der Waals surface area contributed by atoms with E-state index in [2.05, 4.69) is 59.3 Å². The molecule has 1 saturated heterocycles. The van der Waals surface area contributed by atoms with E-state index in [-0.39, 0.29) is 12.0 Å². The molecule has 166 valence electrons. The molecule has 1 aromatic heterocycles. The average molecular weight is 485 g/mol. The fraction of sp³-hybridized carbons (Fsp3) is 0.462. The smallest absolute Gasteiger partial charge is 0.409 e. The second kappa shape index (κ2) is 10.9. The molecule has 1 atom stereocenters. The molecule has 1 fully saturated rings. The summed E-state index contributed by atoms with van der Waals surface area (Å²) in [5, 5.41) is 0. The standard InChI is InChI=1S/C24H27BrN2O2.C2H6/c1-3-29-24(28)27-11-9-17(10-12-27)22-21-6-4-5-16(2)13-18(21)7-8-19-14-20(25)15-26-23(19)22;1-2/h4,6-8,13-15,17,22H,3,5,9-12H2,1-2H3;1-2H3. The van der Waals surface area contributed by atoms with Crippen molar-refractivity contribution in [3.05, 3.63) is 69.0 Å². The van der Waals surface area contributed by atoms with Crippen molar-refractivity contribution >= 4 is 28.1 Å². The van der Waals surface area contributed by atoms with Crippen LogP contribution >= 0.6 is 15.9 Å². The summed E-state index contributed by atoms with van der Waals surface area (Å²) in [4.78, 5) is 18.8. The minimum atomic E-state index is -0.191. The first kappa shape index (κ1) is 23.5. The molecule has 4 nitrogen and oxygen atoms in total. The molecule has 0 spiro atoms. The molecule has 2 aliphatic carbocycles. The van der Waals surface area contributed by atoms with Crippen LogP contribution in [0.4, 0.5) is 4.79 Å². The molecule has 0 bridgehead atoms. The summed E-state index contributed by atoms with van der Waals surface area (Å²) in [6.07, 6.45) is 15.9. The van der Waals surface area contributed by atoms with Gasteiger partial charge in [0.15, 0.2) is 0 Å². The number of halogens is 1. The van der Waals surface area contributed by atoms with Gasteiger partial charge in [-0.15, -0.1) is 0 Å². The third-order valence-electron chi connectivity index (χ3n) is 6.00. The second-order valence-electron chi connectivity index (χ2n) is 7.97. The maximum Gasteiger partial charge on any atom is 0.409 e. The van der Waals surface area contributed by atoms with Gasteiger partial charge in [-0.25, -0.2) is 4.79 Å². The first-order valence-corrected chi connectivity index (χ1v) is 12.2. The molecule has 1 aromatic rings. The minimum Gasteiger partial charge on any atom is -0.450 e. The molecular weight excluding hydrogens is 452 g/mol. The molecule has 2 heterocycles. The number of amides is 1. The third-order valence-corrected chi connectivity index (χ3v) is 6.43. The van der Waals surface area contributed by atoms with Crippen molar-refractivity contribution < 1.29 is 9.53 Å². The van der Waals surface area contributed by atoms with Crippen molar-refractivity contribution in [3.63, 3.8) is 0 Å². The van der Waals surface area contributed by atoms with Gasteiger partial charge in [0.25, 0.3) is 0 Å². The van der Waals surface area contributed by atoms with Crippen molar-refractivity contribution in [2.24, 2.45) is 5.92 Å². The van der Waals surface area contributed by atoms with Crippen molar-refractivity contribution in [2.45, 2.75) is 52.9 Å². The van der Waals surface area contributed by atoms with Crippen LogP contribution in [0.5, 0.6) is 0 Å². The highest BCUT2D eigenvalue weighted by Gasteiger charge is 2.35. The Bertz CT molecular complexity index is 921. The molecule has 1 amide bonds. The van der Waals surface area contributed by atoms with Gasteiger partial charge in [-0.3, -0.25) is 4.98 Å². The Hall–Kier alpha value is -2.14. The number of carbonyl (C=O) groups is 1. The summed E-state index contributed by atoms with van der Waals surface area (Å²) in [7, 11) is 0. The molecule has 3 aliphatic rings. The van der Waals surface area contributed by atoms with Gasteiger partial charge in [0.1, 0.15) is 0 Å². The van der Waals surface area contributed by atoms with Crippen molar-refractivity contribution in [1.82, 2.24) is 9.88 Å². The summed E-state index contributed by atoms with van der Waals surface area (Å²) < 4.78 is 6.19. The van der Waals surface area contributed by atoms with Crippen LogP contribution in [0.3, 0.4) is 0 Å². The van der Waals surface area contributed by atoms with E-state index in [1.807, 2.05) is 31.9 Å². The number of fused-ring (bicyclic) bond motifs is 1. The topological polar surface area (TPSA) is 42.4 Å². The Kier molecular flexibility index (Phi) is 8.30. The van der Waals surface area contributed by atoms with Gasteiger partial charge in [0.05, 0.1) is 12.3 Å². The zero-order valence-corrected chi connectivity index (χ0v) is 20.6. The summed E-state index contributed by atoms with van der Waals surface area (Å²) in [6.45, 7) is 9.94. The fourth-order valence-electron chi connectivity index (χ4n) is 4.60. The van der Waals surface area contributed by atoms with E-state index in [1.165, 1.54) is 22.3 Å². The zero-order valence-electron chi connectivity index (χ0n) is 19.0. The van der Waals surface area contributed by atoms with Gasteiger partial charge in [-0.2, -0.15) is 0 Å². The first-order chi connectivity index (χ1) is 15.1. The predicted octanol–water partition coefficient (Wildman–Crippen LogP) is 7.05. The lowest BCUT2D eigenvalue weighted by Crippen LogP contribution is -2.40. The van der Waals surface area contributed by atoms with Crippen LogP contribution in [0.2, 0.25) is 0 Å². The Morgan fingerprint density at radius 3 is 2.68 bits per heavy atom. The highest BCUT2D eigenvalue weighted by Crippen LogP contribution is 2.44. The number of allylic oxidation sites excluding steroid dienone is 7. The number of aromatic nitrogens is 1. The SMILES string of the molecule is CC.CCOC(=O)N1CCC(C2C3=C(C=Cc4cc(Br)cnc42)C=C(C)CC=C3)CC1. The number of carbonyl (C=O) groups excluding carboxylic acids is 1.